The number of hydrogen-bond donors (Lipinski definition) is 3. The van der Waals surface area contributed by atoms with Gasteiger partial charge in [-0.25, -0.2) is 13.2 Å². The van der Waals surface area contributed by atoms with Gasteiger partial charge >= 0.3 is 5.97 Å². The van der Waals surface area contributed by atoms with Gasteiger partial charge < -0.3 is 20.0 Å². The van der Waals surface area contributed by atoms with Crippen LogP contribution < -0.4 is 10.9 Å². The van der Waals surface area contributed by atoms with E-state index in [9.17, 15) is 18.0 Å². The quantitative estimate of drug-likeness (QED) is 0.341. The van der Waals surface area contributed by atoms with Crippen molar-refractivity contribution < 1.29 is 17.9 Å². The van der Waals surface area contributed by atoms with Crippen molar-refractivity contribution in [3.63, 3.8) is 0 Å². The monoisotopic (exact) mass is 470 g/mol. The molecule has 0 amide bonds. The maximum Gasteiger partial charge on any atom is 0.340 e. The lowest BCUT2D eigenvalue weighted by Gasteiger charge is -2.23. The van der Waals surface area contributed by atoms with E-state index in [1.165, 1.54) is 28.7 Å². The highest BCUT2D eigenvalue weighted by molar-refractivity contribution is 7.89. The zero-order valence-corrected chi connectivity index (χ0v) is 19.1. The lowest BCUT2D eigenvalue weighted by molar-refractivity contribution is 0.0507. The molecule has 1 aliphatic rings. The Bertz CT molecular complexity index is 1390. The van der Waals surface area contributed by atoms with E-state index in [2.05, 4.69) is 21.2 Å². The number of hydrogen-bond acceptors (Lipinski definition) is 6. The summed E-state index contributed by atoms with van der Waals surface area (Å²) in [6, 6.07) is 4.48. The van der Waals surface area contributed by atoms with Crippen LogP contribution in [-0.4, -0.2) is 60.9 Å². The van der Waals surface area contributed by atoms with Crippen LogP contribution in [0, 0.1) is 12.3 Å². The van der Waals surface area contributed by atoms with Crippen molar-refractivity contribution in [2.45, 2.75) is 37.1 Å². The van der Waals surface area contributed by atoms with Gasteiger partial charge in [0, 0.05) is 35.1 Å². The summed E-state index contributed by atoms with van der Waals surface area (Å²) in [6.07, 6.45) is 9.39. The number of rotatable bonds is 8. The number of aromatic nitrogens is 2. The number of esters is 1. The Morgan fingerprint density at radius 2 is 2.18 bits per heavy atom. The molecule has 3 aromatic rings. The number of terminal acetylenes is 1. The van der Waals surface area contributed by atoms with Crippen LogP contribution in [0.4, 0.5) is 0 Å². The lowest BCUT2D eigenvalue weighted by Crippen LogP contribution is -2.41. The number of aromatic amines is 2. The van der Waals surface area contributed by atoms with Gasteiger partial charge in [0.1, 0.15) is 5.52 Å². The smallest absolute Gasteiger partial charge is 0.340 e. The standard InChI is InChI=1S/C23H26N4O5S/c1-3-10-27(14-15-6-5-9-24-15)33(30,31)16-7-8-19-17(12-16)20-18(23(29)32-11-4-2)13-25-21(20)22(28)26-19/h1,7-8,12-13,15,24-25H,4-6,9-11,14H2,2H3,(H,26,28)/t15-/m0/s1. The molecule has 0 bridgehead atoms. The van der Waals surface area contributed by atoms with Gasteiger partial charge in [0.2, 0.25) is 10.0 Å². The Balaban J connectivity index is 1.83. The molecule has 1 saturated heterocycles. The average molecular weight is 471 g/mol. The van der Waals surface area contributed by atoms with E-state index in [4.69, 9.17) is 11.2 Å². The Hall–Kier alpha value is -3.13. The van der Waals surface area contributed by atoms with Crippen molar-refractivity contribution in [2.24, 2.45) is 0 Å². The Morgan fingerprint density at radius 3 is 2.88 bits per heavy atom. The normalized spacial score (nSPS) is 16.5. The van der Waals surface area contributed by atoms with Gasteiger partial charge in [0.25, 0.3) is 5.56 Å². The number of carbonyl (C=O) groups excluding carboxylic acids is 1. The van der Waals surface area contributed by atoms with E-state index in [1.807, 2.05) is 6.92 Å². The molecule has 0 aliphatic carbocycles. The van der Waals surface area contributed by atoms with Gasteiger partial charge in [-0.15, -0.1) is 6.42 Å². The molecular formula is C23H26N4O5S. The molecule has 0 unspecified atom stereocenters. The van der Waals surface area contributed by atoms with E-state index in [0.29, 0.717) is 22.7 Å². The van der Waals surface area contributed by atoms with E-state index < -0.39 is 21.6 Å². The molecule has 0 radical (unpaired) electrons. The number of nitrogens with zero attached hydrogens (tertiary/aromatic N) is 1. The SMILES string of the molecule is C#CCN(C[C@@H]1CCCN1)S(=O)(=O)c1ccc2[nH]c(=O)c3[nH]cc(C(=O)OCCC)c3c2c1. The summed E-state index contributed by atoms with van der Waals surface area (Å²) in [7, 11) is -3.92. The van der Waals surface area contributed by atoms with Crippen LogP contribution in [0.5, 0.6) is 0 Å². The third-order valence-electron chi connectivity index (χ3n) is 5.76. The van der Waals surface area contributed by atoms with E-state index in [1.54, 1.807) is 0 Å². The molecule has 1 aliphatic heterocycles. The van der Waals surface area contributed by atoms with Gasteiger partial charge in [-0.2, -0.15) is 4.31 Å². The van der Waals surface area contributed by atoms with Gasteiger partial charge in [-0.3, -0.25) is 4.79 Å². The summed E-state index contributed by atoms with van der Waals surface area (Å²) >= 11 is 0. The molecule has 3 N–H and O–H groups in total. The molecule has 0 saturated carbocycles. The van der Waals surface area contributed by atoms with Crippen molar-refractivity contribution in [3.8, 4) is 12.3 Å². The minimum absolute atomic E-state index is 0.0330. The van der Waals surface area contributed by atoms with Crippen molar-refractivity contribution in [2.75, 3.05) is 26.2 Å². The molecule has 2 aromatic heterocycles. The predicted octanol–water partition coefficient (Wildman–Crippen LogP) is 1.95. The first-order chi connectivity index (χ1) is 15.9. The topological polar surface area (TPSA) is 124 Å². The van der Waals surface area contributed by atoms with Crippen LogP contribution in [0.2, 0.25) is 0 Å². The van der Waals surface area contributed by atoms with Gasteiger partial charge in [-0.05, 0) is 44.0 Å². The van der Waals surface area contributed by atoms with Crippen molar-refractivity contribution >= 4 is 37.8 Å². The molecule has 1 atom stereocenters. The number of ether oxygens (including phenoxy) is 1. The van der Waals surface area contributed by atoms with Crippen LogP contribution in [0.3, 0.4) is 0 Å². The summed E-state index contributed by atoms with van der Waals surface area (Å²) in [5.74, 6) is 1.86. The molecule has 3 heterocycles. The highest BCUT2D eigenvalue weighted by Gasteiger charge is 2.29. The van der Waals surface area contributed by atoms with E-state index in [0.717, 1.165) is 19.4 Å². The van der Waals surface area contributed by atoms with Crippen molar-refractivity contribution in [3.05, 3.63) is 40.3 Å². The summed E-state index contributed by atoms with van der Waals surface area (Å²) in [6.45, 7) is 3.17. The van der Waals surface area contributed by atoms with Crippen LogP contribution in [0.15, 0.2) is 34.1 Å². The number of pyridine rings is 1. The first-order valence-electron chi connectivity index (χ1n) is 10.9. The highest BCUT2D eigenvalue weighted by atomic mass is 32.2. The fourth-order valence-electron chi connectivity index (χ4n) is 4.16. The number of benzene rings is 1. The predicted molar refractivity (Wildman–Crippen MR) is 126 cm³/mol. The largest absolute Gasteiger partial charge is 0.462 e. The number of H-pyrrole nitrogens is 2. The summed E-state index contributed by atoms with van der Waals surface area (Å²) < 4.78 is 33.5. The minimum atomic E-state index is -3.92. The molecular weight excluding hydrogens is 444 g/mol. The van der Waals surface area contributed by atoms with Gasteiger partial charge in [-0.1, -0.05) is 12.8 Å². The highest BCUT2D eigenvalue weighted by Crippen LogP contribution is 2.29. The summed E-state index contributed by atoms with van der Waals surface area (Å²) in [4.78, 5) is 30.7. The van der Waals surface area contributed by atoms with Crippen LogP contribution in [0.1, 0.15) is 36.5 Å². The molecule has 9 nitrogen and oxygen atoms in total. The third kappa shape index (κ3) is 4.39. The van der Waals surface area contributed by atoms with Crippen molar-refractivity contribution in [1.29, 1.82) is 0 Å². The number of fused-ring (bicyclic) bond motifs is 3. The first kappa shape index (κ1) is 23.0. The van der Waals surface area contributed by atoms with Crippen LogP contribution in [0.25, 0.3) is 21.8 Å². The molecule has 174 valence electrons. The van der Waals surface area contributed by atoms with Crippen LogP contribution >= 0.6 is 0 Å². The summed E-state index contributed by atoms with van der Waals surface area (Å²) in [5.41, 5.74) is 0.358. The zero-order valence-electron chi connectivity index (χ0n) is 18.3. The van der Waals surface area contributed by atoms with Crippen molar-refractivity contribution in [1.82, 2.24) is 19.6 Å². The third-order valence-corrected chi connectivity index (χ3v) is 7.57. The van der Waals surface area contributed by atoms with Gasteiger partial charge in [0.15, 0.2) is 0 Å². The zero-order chi connectivity index (χ0) is 23.6. The number of carbonyl (C=O) groups is 1. The van der Waals surface area contributed by atoms with Crippen LogP contribution in [-0.2, 0) is 14.8 Å². The molecule has 4 rings (SSSR count). The second-order valence-electron chi connectivity index (χ2n) is 8.04. The molecule has 1 aromatic carbocycles. The molecule has 33 heavy (non-hydrogen) atoms. The maximum atomic E-state index is 13.5. The fraction of sp³-hybridized carbons (Fsp3) is 0.391. The molecule has 10 heteroatoms. The van der Waals surface area contributed by atoms with E-state index in [-0.39, 0.29) is 41.7 Å². The summed E-state index contributed by atoms with van der Waals surface area (Å²) in [5, 5.41) is 4.04. The molecule has 0 spiro atoms. The lowest BCUT2D eigenvalue weighted by atomic mass is 10.1. The number of sulfonamides is 1. The van der Waals surface area contributed by atoms with Gasteiger partial charge in [0.05, 0.1) is 23.6 Å². The fourth-order valence-corrected chi connectivity index (χ4v) is 5.58. The maximum absolute atomic E-state index is 13.5. The number of nitrogens with one attached hydrogen (secondary N) is 3. The first-order valence-corrected chi connectivity index (χ1v) is 12.3. The Kier molecular flexibility index (Phi) is 6.56. The average Bonchev–Trinajstić information content (AvgIpc) is 3.47. The van der Waals surface area contributed by atoms with E-state index >= 15 is 0 Å². The Morgan fingerprint density at radius 1 is 1.36 bits per heavy atom. The second-order valence-corrected chi connectivity index (χ2v) is 9.98. The Labute approximate surface area is 191 Å². The molecule has 1 fully saturated rings. The second kappa shape index (κ2) is 9.39. The minimum Gasteiger partial charge on any atom is -0.462 e.